The van der Waals surface area contributed by atoms with Crippen molar-refractivity contribution in [2.45, 2.75) is 43.5 Å². The maximum Gasteiger partial charge on any atom is 0.573 e. The van der Waals surface area contributed by atoms with Crippen molar-refractivity contribution in [3.63, 3.8) is 0 Å². The van der Waals surface area contributed by atoms with Gasteiger partial charge in [0.2, 0.25) is 10.0 Å². The molecule has 8 nitrogen and oxygen atoms in total. The van der Waals surface area contributed by atoms with Gasteiger partial charge in [0.05, 0.1) is 16.3 Å². The molecular weight excluding hydrogens is 415 g/mol. The minimum absolute atomic E-state index is 0.0996. The number of halogens is 3. The third-order valence-corrected chi connectivity index (χ3v) is 6.24. The van der Waals surface area contributed by atoms with Gasteiger partial charge in [-0.15, -0.1) is 13.2 Å². The molecule has 0 aliphatic carbocycles. The van der Waals surface area contributed by atoms with E-state index in [4.69, 9.17) is 9.68 Å². The van der Waals surface area contributed by atoms with Crippen LogP contribution in [0.25, 0.3) is 0 Å². The highest BCUT2D eigenvalue weighted by Gasteiger charge is 2.32. The zero-order valence-corrected chi connectivity index (χ0v) is 16.4. The van der Waals surface area contributed by atoms with Gasteiger partial charge < -0.3 is 14.4 Å². The van der Waals surface area contributed by atoms with Gasteiger partial charge in [-0.2, -0.15) is 4.31 Å². The Morgan fingerprint density at radius 3 is 2.45 bits per heavy atom. The monoisotopic (exact) mass is 435 g/mol. The molecule has 0 radical (unpaired) electrons. The molecule has 3 rings (SSSR count). The van der Waals surface area contributed by atoms with Gasteiger partial charge in [0.15, 0.2) is 12.7 Å². The molecular formula is C17H20F3N3O5S. The number of hydrogen-bond donors (Lipinski definition) is 0. The zero-order valence-electron chi connectivity index (χ0n) is 15.6. The lowest BCUT2D eigenvalue weighted by Crippen LogP contribution is -2.38. The third kappa shape index (κ3) is 5.82. The molecule has 1 aromatic rings. The first-order valence-electron chi connectivity index (χ1n) is 8.86. The Hall–Kier alpha value is -2.34. The molecule has 2 aliphatic heterocycles. The van der Waals surface area contributed by atoms with Crippen molar-refractivity contribution in [3.05, 3.63) is 24.3 Å². The molecule has 0 N–H and O–H groups in total. The molecule has 1 saturated heterocycles. The van der Waals surface area contributed by atoms with Crippen LogP contribution in [-0.4, -0.2) is 56.3 Å². The van der Waals surface area contributed by atoms with Crippen LogP contribution < -0.4 is 4.74 Å². The van der Waals surface area contributed by atoms with Crippen LogP contribution in [0.4, 0.5) is 13.2 Å². The Morgan fingerprint density at radius 1 is 1.24 bits per heavy atom. The maximum absolute atomic E-state index is 12.7. The normalized spacial score (nSPS) is 20.8. The van der Waals surface area contributed by atoms with Crippen LogP contribution in [0.5, 0.6) is 5.75 Å². The van der Waals surface area contributed by atoms with E-state index in [2.05, 4.69) is 15.0 Å². The van der Waals surface area contributed by atoms with Gasteiger partial charge in [-0.3, -0.25) is 0 Å². The summed E-state index contributed by atoms with van der Waals surface area (Å²) in [5, 5.41) is 7.87. The fourth-order valence-electron chi connectivity index (χ4n) is 2.91. The number of rotatable bonds is 6. The summed E-state index contributed by atoms with van der Waals surface area (Å²) in [5.41, 5.74) is 1.63. The summed E-state index contributed by atoms with van der Waals surface area (Å²) in [7, 11) is -3.82. The van der Waals surface area contributed by atoms with Crippen molar-refractivity contribution in [2.75, 3.05) is 19.7 Å². The number of alkyl halides is 3. The van der Waals surface area contributed by atoms with E-state index in [-0.39, 0.29) is 30.7 Å². The minimum atomic E-state index is -4.83. The van der Waals surface area contributed by atoms with Crippen molar-refractivity contribution < 1.29 is 36.0 Å². The fraction of sp³-hybridized carbons (Fsp3) is 0.529. The second-order valence-corrected chi connectivity index (χ2v) is 8.57. The van der Waals surface area contributed by atoms with Crippen molar-refractivity contribution in [2.24, 2.45) is 10.3 Å². The van der Waals surface area contributed by atoms with E-state index < -0.39 is 22.1 Å². The lowest BCUT2D eigenvalue weighted by molar-refractivity contribution is -0.274. The maximum atomic E-state index is 12.7. The molecule has 1 fully saturated rings. The molecule has 29 heavy (non-hydrogen) atoms. The molecule has 2 heterocycles. The van der Waals surface area contributed by atoms with Gasteiger partial charge in [0.1, 0.15) is 5.75 Å². The average molecular weight is 435 g/mol. The number of oxime groups is 2. The Bertz CT molecular complexity index is 875. The summed E-state index contributed by atoms with van der Waals surface area (Å²) in [6.45, 7) is 2.53. The highest BCUT2D eigenvalue weighted by atomic mass is 32.2. The Kier molecular flexibility index (Phi) is 6.32. The Morgan fingerprint density at radius 2 is 1.90 bits per heavy atom. The quantitative estimate of drug-likeness (QED) is 0.641. The number of benzene rings is 1. The highest BCUT2D eigenvalue weighted by Crippen LogP contribution is 2.26. The molecule has 1 unspecified atom stereocenters. The molecule has 12 heteroatoms. The number of sulfonamides is 1. The Labute approximate surface area is 165 Å². The molecule has 0 spiro atoms. The average Bonchev–Trinajstić information content (AvgIpc) is 3.06. The van der Waals surface area contributed by atoms with Gasteiger partial charge in [0.25, 0.3) is 0 Å². The van der Waals surface area contributed by atoms with Crippen molar-refractivity contribution in [1.29, 1.82) is 0 Å². The van der Waals surface area contributed by atoms with E-state index in [1.807, 2.05) is 6.92 Å². The van der Waals surface area contributed by atoms with Crippen LogP contribution in [0.1, 0.15) is 26.2 Å². The largest absolute Gasteiger partial charge is 0.573 e. The summed E-state index contributed by atoms with van der Waals surface area (Å²) in [5.74, 6) is -0.478. The smallest absolute Gasteiger partial charge is 0.406 e. The van der Waals surface area contributed by atoms with E-state index in [1.54, 1.807) is 0 Å². The minimum Gasteiger partial charge on any atom is -0.406 e. The second-order valence-electron chi connectivity index (χ2n) is 6.63. The first kappa shape index (κ1) is 21.4. The fourth-order valence-corrected chi connectivity index (χ4v) is 4.35. The second kappa shape index (κ2) is 8.57. The van der Waals surface area contributed by atoms with Crippen LogP contribution in [0.3, 0.4) is 0 Å². The predicted molar refractivity (Wildman–Crippen MR) is 97.1 cm³/mol. The molecule has 1 aromatic carbocycles. The first-order chi connectivity index (χ1) is 13.6. The van der Waals surface area contributed by atoms with Crippen LogP contribution in [-0.2, 0) is 19.7 Å². The van der Waals surface area contributed by atoms with Crippen LogP contribution >= 0.6 is 0 Å². The number of piperidine rings is 1. The van der Waals surface area contributed by atoms with Crippen LogP contribution in [0.15, 0.2) is 39.5 Å². The van der Waals surface area contributed by atoms with Gasteiger partial charge in [-0.25, -0.2) is 8.42 Å². The van der Waals surface area contributed by atoms with Gasteiger partial charge in [-0.1, -0.05) is 10.3 Å². The summed E-state index contributed by atoms with van der Waals surface area (Å²) in [6, 6.07) is 4.13. The molecule has 1 atom stereocenters. The van der Waals surface area contributed by atoms with Crippen molar-refractivity contribution in [3.8, 4) is 5.75 Å². The summed E-state index contributed by atoms with van der Waals surface area (Å²) in [4.78, 5) is 10.3. The van der Waals surface area contributed by atoms with Gasteiger partial charge >= 0.3 is 6.36 Å². The molecule has 0 amide bonds. The zero-order chi connectivity index (χ0) is 21.1. The molecule has 160 valence electrons. The van der Waals surface area contributed by atoms with E-state index in [9.17, 15) is 21.6 Å². The van der Waals surface area contributed by atoms with Crippen molar-refractivity contribution >= 4 is 21.4 Å². The van der Waals surface area contributed by atoms with Crippen LogP contribution in [0, 0.1) is 0 Å². The van der Waals surface area contributed by atoms with Crippen molar-refractivity contribution in [1.82, 2.24) is 4.31 Å². The van der Waals surface area contributed by atoms with E-state index in [0.29, 0.717) is 19.3 Å². The van der Waals surface area contributed by atoms with Gasteiger partial charge in [-0.05, 0) is 31.2 Å². The summed E-state index contributed by atoms with van der Waals surface area (Å²) < 4.78 is 67.0. The standard InChI is InChI=1S/C17H20F3N3O5S/c1-12-10-15(28-21-12)11-26-22-13-6-8-23(9-7-13)29(24,25)16-4-2-14(3-5-16)27-17(18,19)20/h2-5,15H,6-11H2,1H3. The SMILES string of the molecule is CC1=NOC(CON=C2CCN(S(=O)(=O)c3ccc(OC(F)(F)F)cc3)CC2)C1. The molecule has 0 aromatic heterocycles. The lowest BCUT2D eigenvalue weighted by Gasteiger charge is -2.26. The summed E-state index contributed by atoms with van der Waals surface area (Å²) >= 11 is 0. The topological polar surface area (TPSA) is 89.8 Å². The Balaban J connectivity index is 1.52. The molecule has 2 aliphatic rings. The van der Waals surface area contributed by atoms with E-state index in [1.165, 1.54) is 4.31 Å². The summed E-state index contributed by atoms with van der Waals surface area (Å²) in [6.07, 6.45) is -3.51. The lowest BCUT2D eigenvalue weighted by atomic mass is 10.1. The number of ether oxygens (including phenoxy) is 1. The first-order valence-corrected chi connectivity index (χ1v) is 10.3. The highest BCUT2D eigenvalue weighted by molar-refractivity contribution is 7.89. The predicted octanol–water partition coefficient (Wildman–Crippen LogP) is 2.91. The third-order valence-electron chi connectivity index (χ3n) is 4.33. The molecule has 0 saturated carbocycles. The van der Waals surface area contributed by atoms with Gasteiger partial charge in [0, 0.05) is 32.4 Å². The number of nitrogens with zero attached hydrogens (tertiary/aromatic N) is 3. The van der Waals surface area contributed by atoms with E-state index >= 15 is 0 Å². The molecule has 0 bridgehead atoms. The van der Waals surface area contributed by atoms with E-state index in [0.717, 1.165) is 35.7 Å². The van der Waals surface area contributed by atoms with Crippen LogP contribution in [0.2, 0.25) is 0 Å². The number of hydrogen-bond acceptors (Lipinski definition) is 7.